The van der Waals surface area contributed by atoms with Crippen molar-refractivity contribution in [2.24, 2.45) is 0 Å². The van der Waals surface area contributed by atoms with Gasteiger partial charge in [0.05, 0.1) is 6.54 Å². The van der Waals surface area contributed by atoms with Crippen LogP contribution in [0.1, 0.15) is 27.0 Å². The quantitative estimate of drug-likeness (QED) is 0.911. The Balaban J connectivity index is 1.91. The average molecular weight is 296 g/mol. The molecule has 0 heterocycles. The Hall–Kier alpha value is -2.62. The molecule has 0 atom stereocenters. The maximum absolute atomic E-state index is 11.9. The van der Waals surface area contributed by atoms with Gasteiger partial charge >= 0.3 is 0 Å². The number of nitrogens with one attached hydrogen (secondary N) is 2. The van der Waals surface area contributed by atoms with Gasteiger partial charge in [-0.05, 0) is 50.1 Å². The van der Waals surface area contributed by atoms with Crippen molar-refractivity contribution in [1.29, 1.82) is 0 Å². The average Bonchev–Trinajstić information content (AvgIpc) is 2.50. The summed E-state index contributed by atoms with van der Waals surface area (Å²) < 4.78 is 0. The molecule has 0 spiro atoms. The third-order valence-corrected chi connectivity index (χ3v) is 3.60. The van der Waals surface area contributed by atoms with Crippen LogP contribution in [0.25, 0.3) is 0 Å². The molecular weight excluding hydrogens is 276 g/mol. The van der Waals surface area contributed by atoms with Crippen LogP contribution in [0.5, 0.6) is 0 Å². The topological polar surface area (TPSA) is 58.2 Å². The van der Waals surface area contributed by atoms with E-state index in [4.69, 9.17) is 0 Å². The molecule has 4 heteroatoms. The van der Waals surface area contributed by atoms with Crippen molar-refractivity contribution in [1.82, 2.24) is 5.32 Å². The summed E-state index contributed by atoms with van der Waals surface area (Å²) in [5.41, 5.74) is 4.55. The van der Waals surface area contributed by atoms with E-state index in [-0.39, 0.29) is 18.4 Å². The fourth-order valence-corrected chi connectivity index (χ4v) is 2.05. The van der Waals surface area contributed by atoms with Gasteiger partial charge in [-0.3, -0.25) is 9.59 Å². The number of carbonyl (C=O) groups is 2. The smallest absolute Gasteiger partial charge is 0.251 e. The van der Waals surface area contributed by atoms with Gasteiger partial charge in [0, 0.05) is 11.3 Å². The van der Waals surface area contributed by atoms with E-state index >= 15 is 0 Å². The highest BCUT2D eigenvalue weighted by Crippen LogP contribution is 2.17. The van der Waals surface area contributed by atoms with E-state index in [9.17, 15) is 9.59 Å². The fourth-order valence-electron chi connectivity index (χ4n) is 2.05. The second-order valence-corrected chi connectivity index (χ2v) is 5.34. The molecule has 2 amide bonds. The van der Waals surface area contributed by atoms with E-state index < -0.39 is 0 Å². The van der Waals surface area contributed by atoms with Crippen LogP contribution < -0.4 is 10.6 Å². The van der Waals surface area contributed by atoms with Gasteiger partial charge in [0.1, 0.15) is 0 Å². The number of aryl methyl sites for hydroxylation is 2. The van der Waals surface area contributed by atoms with Crippen molar-refractivity contribution in [3.8, 4) is 0 Å². The molecule has 2 aromatic rings. The zero-order chi connectivity index (χ0) is 16.1. The number of amides is 2. The molecule has 0 aliphatic carbocycles. The molecule has 114 valence electrons. The molecule has 0 fully saturated rings. The van der Waals surface area contributed by atoms with Gasteiger partial charge < -0.3 is 10.6 Å². The number of anilines is 1. The lowest BCUT2D eigenvalue weighted by Crippen LogP contribution is -2.33. The fraction of sp³-hybridized carbons (Fsp3) is 0.222. The van der Waals surface area contributed by atoms with Crippen LogP contribution in [0, 0.1) is 20.8 Å². The Morgan fingerprint density at radius 2 is 1.64 bits per heavy atom. The van der Waals surface area contributed by atoms with Crippen LogP contribution in [0.15, 0.2) is 42.5 Å². The summed E-state index contributed by atoms with van der Waals surface area (Å²) in [6, 6.07) is 13.0. The van der Waals surface area contributed by atoms with Crippen LogP contribution in [0.3, 0.4) is 0 Å². The van der Waals surface area contributed by atoms with Crippen LogP contribution in [0.4, 0.5) is 5.69 Å². The van der Waals surface area contributed by atoms with Crippen molar-refractivity contribution >= 4 is 17.5 Å². The molecule has 0 bridgehead atoms. The molecule has 0 aliphatic rings. The molecule has 0 unspecified atom stereocenters. The Morgan fingerprint density at radius 3 is 2.32 bits per heavy atom. The summed E-state index contributed by atoms with van der Waals surface area (Å²) >= 11 is 0. The Morgan fingerprint density at radius 1 is 0.955 bits per heavy atom. The number of carbonyl (C=O) groups excluding carboxylic acids is 2. The van der Waals surface area contributed by atoms with Crippen molar-refractivity contribution in [2.75, 3.05) is 11.9 Å². The molecule has 0 radical (unpaired) electrons. The van der Waals surface area contributed by atoms with Gasteiger partial charge in [0.15, 0.2) is 0 Å². The van der Waals surface area contributed by atoms with Gasteiger partial charge in [-0.1, -0.05) is 29.8 Å². The molecule has 22 heavy (non-hydrogen) atoms. The van der Waals surface area contributed by atoms with Crippen molar-refractivity contribution < 1.29 is 9.59 Å². The van der Waals surface area contributed by atoms with Crippen molar-refractivity contribution in [3.05, 3.63) is 64.7 Å². The normalized spacial score (nSPS) is 10.1. The summed E-state index contributed by atoms with van der Waals surface area (Å²) in [5, 5.41) is 5.43. The zero-order valence-electron chi connectivity index (χ0n) is 13.1. The van der Waals surface area contributed by atoms with E-state index in [2.05, 4.69) is 10.6 Å². The maximum atomic E-state index is 11.9. The van der Waals surface area contributed by atoms with Crippen LogP contribution in [-0.2, 0) is 4.79 Å². The Bertz CT molecular complexity index is 691. The highest BCUT2D eigenvalue weighted by molar-refractivity contribution is 5.99. The minimum Gasteiger partial charge on any atom is -0.343 e. The second kappa shape index (κ2) is 6.89. The van der Waals surface area contributed by atoms with E-state index in [1.165, 1.54) is 0 Å². The minimum atomic E-state index is -0.254. The van der Waals surface area contributed by atoms with E-state index in [1.807, 2.05) is 51.1 Å². The molecule has 0 saturated carbocycles. The number of hydrogen-bond acceptors (Lipinski definition) is 2. The Labute approximate surface area is 130 Å². The summed E-state index contributed by atoms with van der Waals surface area (Å²) in [7, 11) is 0. The van der Waals surface area contributed by atoms with Crippen molar-refractivity contribution in [2.45, 2.75) is 20.8 Å². The van der Waals surface area contributed by atoms with Crippen LogP contribution in [-0.4, -0.2) is 18.4 Å². The highest BCUT2D eigenvalue weighted by atomic mass is 16.2. The second-order valence-electron chi connectivity index (χ2n) is 5.34. The predicted molar refractivity (Wildman–Crippen MR) is 88.1 cm³/mol. The monoisotopic (exact) mass is 296 g/mol. The zero-order valence-corrected chi connectivity index (χ0v) is 13.1. The van der Waals surface area contributed by atoms with E-state index in [1.54, 1.807) is 12.1 Å². The third kappa shape index (κ3) is 3.95. The van der Waals surface area contributed by atoms with Crippen molar-refractivity contribution in [3.63, 3.8) is 0 Å². The minimum absolute atomic E-state index is 0.0555. The summed E-state index contributed by atoms with van der Waals surface area (Å²) in [6.45, 7) is 5.85. The predicted octanol–water partition coefficient (Wildman–Crippen LogP) is 2.98. The summed E-state index contributed by atoms with van der Waals surface area (Å²) in [5.74, 6) is -0.495. The van der Waals surface area contributed by atoms with E-state index in [0.29, 0.717) is 5.56 Å². The van der Waals surface area contributed by atoms with Gasteiger partial charge in [-0.2, -0.15) is 0 Å². The number of hydrogen-bond donors (Lipinski definition) is 2. The molecular formula is C18H20N2O2. The highest BCUT2D eigenvalue weighted by Gasteiger charge is 2.09. The number of rotatable bonds is 4. The van der Waals surface area contributed by atoms with Gasteiger partial charge in [0.2, 0.25) is 5.91 Å². The van der Waals surface area contributed by atoms with Gasteiger partial charge in [-0.15, -0.1) is 0 Å². The molecule has 4 nitrogen and oxygen atoms in total. The SMILES string of the molecule is Cc1ccc(C(=O)NCC(=O)Nc2cccc(C)c2C)cc1. The lowest BCUT2D eigenvalue weighted by Gasteiger charge is -2.11. The first-order chi connectivity index (χ1) is 10.5. The summed E-state index contributed by atoms with van der Waals surface area (Å²) in [6.07, 6.45) is 0. The summed E-state index contributed by atoms with van der Waals surface area (Å²) in [4.78, 5) is 23.9. The lowest BCUT2D eigenvalue weighted by molar-refractivity contribution is -0.115. The van der Waals surface area contributed by atoms with E-state index in [0.717, 1.165) is 22.4 Å². The maximum Gasteiger partial charge on any atom is 0.251 e. The number of benzene rings is 2. The molecule has 2 aromatic carbocycles. The molecule has 2 N–H and O–H groups in total. The first-order valence-corrected chi connectivity index (χ1v) is 7.18. The van der Waals surface area contributed by atoms with Crippen LogP contribution >= 0.6 is 0 Å². The lowest BCUT2D eigenvalue weighted by atomic mass is 10.1. The first-order valence-electron chi connectivity index (χ1n) is 7.18. The molecule has 0 saturated heterocycles. The molecule has 0 aliphatic heterocycles. The molecule has 2 rings (SSSR count). The largest absolute Gasteiger partial charge is 0.343 e. The van der Waals surface area contributed by atoms with Gasteiger partial charge in [0.25, 0.3) is 5.91 Å². The van der Waals surface area contributed by atoms with Gasteiger partial charge in [-0.25, -0.2) is 0 Å². The first kappa shape index (κ1) is 15.8. The molecule has 0 aromatic heterocycles. The van der Waals surface area contributed by atoms with Crippen LogP contribution in [0.2, 0.25) is 0 Å². The Kier molecular flexibility index (Phi) is 4.94. The third-order valence-electron chi connectivity index (χ3n) is 3.60. The standard InChI is InChI=1S/C18H20N2O2/c1-12-7-9-15(10-8-12)18(22)19-11-17(21)20-16-6-4-5-13(2)14(16)3/h4-10H,11H2,1-3H3,(H,19,22)(H,20,21).